The summed E-state index contributed by atoms with van der Waals surface area (Å²) in [5, 5.41) is 3.77. The Kier molecular flexibility index (Phi) is 6.69. The van der Waals surface area contributed by atoms with Gasteiger partial charge >= 0.3 is 0 Å². The molecule has 190 valence electrons. The van der Waals surface area contributed by atoms with Crippen LogP contribution in [0.1, 0.15) is 36.6 Å². The molecule has 1 amide bonds. The van der Waals surface area contributed by atoms with Crippen LogP contribution in [0, 0.1) is 12.7 Å². The number of halogens is 2. The summed E-state index contributed by atoms with van der Waals surface area (Å²) in [5.41, 5.74) is 4.31. The summed E-state index contributed by atoms with van der Waals surface area (Å²) >= 11 is 6.70. The highest BCUT2D eigenvalue weighted by molar-refractivity contribution is 6.33. The molecule has 2 aliphatic heterocycles. The predicted octanol–water partition coefficient (Wildman–Crippen LogP) is 5.21. The summed E-state index contributed by atoms with van der Waals surface area (Å²) in [6, 6.07) is 10.3. The van der Waals surface area contributed by atoms with E-state index in [-0.39, 0.29) is 17.9 Å². The van der Waals surface area contributed by atoms with Gasteiger partial charge in [0, 0.05) is 24.8 Å². The minimum atomic E-state index is -0.395. The topological polar surface area (TPSA) is 73.7 Å². The summed E-state index contributed by atoms with van der Waals surface area (Å²) in [7, 11) is 0. The van der Waals surface area contributed by atoms with E-state index >= 15 is 0 Å². The van der Waals surface area contributed by atoms with Gasteiger partial charge in [-0.05, 0) is 48.7 Å². The average molecular weight is 519 g/mol. The first-order valence-electron chi connectivity index (χ1n) is 12.2. The lowest BCUT2D eigenvalue weighted by Gasteiger charge is -2.41. The molecular formula is C28H28ClFN6O. The minimum Gasteiger partial charge on any atom is -0.363 e. The van der Waals surface area contributed by atoms with Crippen molar-refractivity contribution in [3.63, 3.8) is 0 Å². The molecule has 2 aliphatic rings. The highest BCUT2D eigenvalue weighted by Gasteiger charge is 2.34. The molecule has 9 heteroatoms. The van der Waals surface area contributed by atoms with E-state index in [9.17, 15) is 9.18 Å². The molecule has 0 saturated carbocycles. The summed E-state index contributed by atoms with van der Waals surface area (Å²) in [5.74, 6) is 0.944. The van der Waals surface area contributed by atoms with Gasteiger partial charge in [0.1, 0.15) is 24.1 Å². The number of carbonyl (C=O) groups excluding carboxylic acids is 1. The molecule has 1 aromatic carbocycles. The Morgan fingerprint density at radius 1 is 1.24 bits per heavy atom. The van der Waals surface area contributed by atoms with Gasteiger partial charge in [0.2, 0.25) is 5.91 Å². The van der Waals surface area contributed by atoms with E-state index in [2.05, 4.69) is 30.7 Å². The molecule has 0 atom stereocenters. The number of amides is 1. The van der Waals surface area contributed by atoms with Gasteiger partial charge in [-0.25, -0.2) is 14.4 Å². The maximum absolute atomic E-state index is 14.8. The minimum absolute atomic E-state index is 0.0402. The largest absolute Gasteiger partial charge is 0.363 e. The SMILES string of the molecule is C=CC(=O)N1CC(NC2=NCN(c3c(C)ccnc3C(C)C)c3nc(-c4ccccc4F)c(Cl)cc32)C1. The van der Waals surface area contributed by atoms with E-state index < -0.39 is 5.82 Å². The zero-order chi connectivity index (χ0) is 26.3. The third-order valence-corrected chi connectivity index (χ3v) is 6.93. The number of amidine groups is 1. The van der Waals surface area contributed by atoms with Crippen LogP contribution in [-0.2, 0) is 4.79 Å². The second-order valence-corrected chi connectivity index (χ2v) is 9.96. The molecule has 4 heterocycles. The maximum Gasteiger partial charge on any atom is 0.246 e. The fourth-order valence-electron chi connectivity index (χ4n) is 4.71. The molecule has 3 aromatic rings. The Hall–Kier alpha value is -3.78. The number of hydrogen-bond acceptors (Lipinski definition) is 6. The number of pyridine rings is 2. The number of anilines is 2. The van der Waals surface area contributed by atoms with Crippen molar-refractivity contribution in [1.29, 1.82) is 0 Å². The number of rotatable bonds is 5. The van der Waals surface area contributed by atoms with Crippen molar-refractivity contribution in [2.24, 2.45) is 4.99 Å². The number of nitrogens with one attached hydrogen (secondary N) is 1. The van der Waals surface area contributed by atoms with Gasteiger partial charge in [-0.1, -0.05) is 44.2 Å². The summed E-state index contributed by atoms with van der Waals surface area (Å²) in [6.45, 7) is 11.2. The average Bonchev–Trinajstić information content (AvgIpc) is 2.85. The first-order valence-corrected chi connectivity index (χ1v) is 12.6. The molecule has 1 N–H and O–H groups in total. The highest BCUT2D eigenvalue weighted by atomic mass is 35.5. The van der Waals surface area contributed by atoms with Crippen LogP contribution < -0.4 is 10.2 Å². The Bertz CT molecular complexity index is 1420. The Balaban J connectivity index is 1.60. The molecule has 0 spiro atoms. The Morgan fingerprint density at radius 2 is 2.00 bits per heavy atom. The molecule has 2 aromatic heterocycles. The molecule has 0 radical (unpaired) electrons. The maximum atomic E-state index is 14.8. The van der Waals surface area contributed by atoms with Crippen LogP contribution in [-0.4, -0.2) is 52.4 Å². The number of fused-ring (bicyclic) bond motifs is 1. The van der Waals surface area contributed by atoms with E-state index in [0.717, 1.165) is 16.9 Å². The number of nitrogens with zero attached hydrogens (tertiary/aromatic N) is 5. The van der Waals surface area contributed by atoms with E-state index in [4.69, 9.17) is 21.6 Å². The molecule has 0 bridgehead atoms. The van der Waals surface area contributed by atoms with Crippen molar-refractivity contribution in [3.8, 4) is 11.3 Å². The number of likely N-dealkylation sites (tertiary alicyclic amines) is 1. The van der Waals surface area contributed by atoms with Gasteiger partial charge in [0.25, 0.3) is 0 Å². The zero-order valence-electron chi connectivity index (χ0n) is 21.0. The molecule has 7 nitrogen and oxygen atoms in total. The van der Waals surface area contributed by atoms with Crippen LogP contribution in [0.15, 0.2) is 60.2 Å². The van der Waals surface area contributed by atoms with Crippen molar-refractivity contribution in [2.75, 3.05) is 24.7 Å². The third kappa shape index (κ3) is 4.57. The van der Waals surface area contributed by atoms with E-state index in [1.807, 2.05) is 24.1 Å². The highest BCUT2D eigenvalue weighted by Crippen LogP contribution is 2.40. The lowest BCUT2D eigenvalue weighted by atomic mass is 10.0. The first kappa shape index (κ1) is 24.9. The normalized spacial score (nSPS) is 15.2. The summed E-state index contributed by atoms with van der Waals surface area (Å²) in [6.07, 6.45) is 3.13. The van der Waals surface area contributed by atoms with Crippen molar-refractivity contribution >= 4 is 34.8 Å². The molecule has 0 unspecified atom stereocenters. The predicted molar refractivity (Wildman–Crippen MR) is 145 cm³/mol. The van der Waals surface area contributed by atoms with Gasteiger partial charge in [-0.15, -0.1) is 0 Å². The number of aromatic nitrogens is 2. The fourth-order valence-corrected chi connectivity index (χ4v) is 4.97. The molecular weight excluding hydrogens is 491 g/mol. The lowest BCUT2D eigenvalue weighted by Crippen LogP contribution is -2.61. The van der Waals surface area contributed by atoms with Crippen LogP contribution in [0.2, 0.25) is 5.02 Å². The number of benzene rings is 1. The number of carbonyl (C=O) groups is 1. The summed E-state index contributed by atoms with van der Waals surface area (Å²) in [4.78, 5) is 30.0. The van der Waals surface area contributed by atoms with Gasteiger partial charge < -0.3 is 15.1 Å². The third-order valence-electron chi connectivity index (χ3n) is 6.65. The standard InChI is InChI=1S/C28H28ClFN6O/c1-5-23(37)35-13-18(14-35)33-27-20-12-21(29)25(19-8-6-7-9-22(19)30)34-28(20)36(15-32-27)26-17(4)10-11-31-24(26)16(2)3/h5-12,16,18H,1,13-15H2,2-4H3,(H,32,33). The molecule has 5 rings (SSSR count). The van der Waals surface area contributed by atoms with Crippen LogP contribution in [0.4, 0.5) is 15.9 Å². The molecule has 1 saturated heterocycles. The quantitative estimate of drug-likeness (QED) is 0.469. The van der Waals surface area contributed by atoms with E-state index in [1.165, 1.54) is 12.1 Å². The van der Waals surface area contributed by atoms with Crippen LogP contribution >= 0.6 is 11.6 Å². The van der Waals surface area contributed by atoms with Crippen molar-refractivity contribution in [3.05, 3.63) is 82.9 Å². The fraction of sp³-hybridized carbons (Fsp3) is 0.286. The molecule has 0 aliphatic carbocycles. The Labute approximate surface area is 220 Å². The molecule has 1 fully saturated rings. The van der Waals surface area contributed by atoms with Crippen molar-refractivity contribution in [2.45, 2.75) is 32.7 Å². The number of aryl methyl sites for hydroxylation is 1. The molecule has 37 heavy (non-hydrogen) atoms. The van der Waals surface area contributed by atoms with Gasteiger partial charge in [-0.3, -0.25) is 9.78 Å². The number of aliphatic imine (C=N–C) groups is 1. The Morgan fingerprint density at radius 3 is 2.70 bits per heavy atom. The van der Waals surface area contributed by atoms with E-state index in [1.54, 1.807) is 29.2 Å². The second kappa shape index (κ2) is 9.94. The summed E-state index contributed by atoms with van der Waals surface area (Å²) < 4.78 is 14.8. The second-order valence-electron chi connectivity index (χ2n) is 9.55. The van der Waals surface area contributed by atoms with Gasteiger partial charge in [0.15, 0.2) is 0 Å². The monoisotopic (exact) mass is 518 g/mol. The van der Waals surface area contributed by atoms with Crippen molar-refractivity contribution in [1.82, 2.24) is 20.2 Å². The van der Waals surface area contributed by atoms with Gasteiger partial charge in [-0.2, -0.15) is 0 Å². The number of hydrogen-bond donors (Lipinski definition) is 1. The van der Waals surface area contributed by atoms with Crippen LogP contribution in [0.3, 0.4) is 0 Å². The van der Waals surface area contributed by atoms with Crippen molar-refractivity contribution < 1.29 is 9.18 Å². The van der Waals surface area contributed by atoms with Gasteiger partial charge in [0.05, 0.1) is 33.7 Å². The smallest absolute Gasteiger partial charge is 0.246 e. The van der Waals surface area contributed by atoms with Crippen LogP contribution in [0.5, 0.6) is 0 Å². The van der Waals surface area contributed by atoms with Crippen LogP contribution in [0.25, 0.3) is 11.3 Å². The van der Waals surface area contributed by atoms with E-state index in [0.29, 0.717) is 53.3 Å². The first-order chi connectivity index (χ1) is 17.8. The zero-order valence-corrected chi connectivity index (χ0v) is 21.8. The lowest BCUT2D eigenvalue weighted by molar-refractivity contribution is -0.130.